The number of rotatable bonds is 5. The van der Waals surface area contributed by atoms with Gasteiger partial charge in [0.05, 0.1) is 6.54 Å². The molecule has 0 aliphatic carbocycles. The minimum absolute atomic E-state index is 0.321. The van der Waals surface area contributed by atoms with Gasteiger partial charge in [-0.2, -0.15) is 0 Å². The molecule has 0 saturated heterocycles. The molecule has 0 amide bonds. The number of nitrogens with zero attached hydrogens (tertiary/aromatic N) is 3. The first-order chi connectivity index (χ1) is 10.7. The van der Waals surface area contributed by atoms with Gasteiger partial charge in [-0.1, -0.05) is 36.4 Å². The summed E-state index contributed by atoms with van der Waals surface area (Å²) in [4.78, 5) is 2.08. The van der Waals surface area contributed by atoms with Crippen LogP contribution in [0.1, 0.15) is 11.5 Å². The summed E-state index contributed by atoms with van der Waals surface area (Å²) in [6, 6.07) is 16.3. The SMILES string of the molecule is CN(Cc1ccccc1)Cc1nnc(-c2cccc(F)c2)o1. The number of benzene rings is 2. The van der Waals surface area contributed by atoms with Crippen LogP contribution in [-0.2, 0) is 13.1 Å². The van der Waals surface area contributed by atoms with E-state index in [0.717, 1.165) is 6.54 Å². The van der Waals surface area contributed by atoms with Crippen molar-refractivity contribution >= 4 is 0 Å². The van der Waals surface area contributed by atoms with Crippen molar-refractivity contribution in [3.8, 4) is 11.5 Å². The van der Waals surface area contributed by atoms with Gasteiger partial charge in [0, 0.05) is 12.1 Å². The molecule has 4 nitrogen and oxygen atoms in total. The van der Waals surface area contributed by atoms with Crippen LogP contribution in [0, 0.1) is 5.82 Å². The molecule has 0 spiro atoms. The van der Waals surface area contributed by atoms with Gasteiger partial charge in [0.2, 0.25) is 11.8 Å². The van der Waals surface area contributed by atoms with Gasteiger partial charge in [-0.3, -0.25) is 4.90 Å². The minimum atomic E-state index is -0.321. The van der Waals surface area contributed by atoms with Crippen LogP contribution in [0.25, 0.3) is 11.5 Å². The van der Waals surface area contributed by atoms with Gasteiger partial charge in [-0.15, -0.1) is 10.2 Å². The van der Waals surface area contributed by atoms with Gasteiger partial charge in [-0.05, 0) is 30.8 Å². The summed E-state index contributed by atoms with van der Waals surface area (Å²) in [7, 11) is 1.99. The number of aromatic nitrogens is 2. The maximum Gasteiger partial charge on any atom is 0.247 e. The maximum atomic E-state index is 13.2. The zero-order chi connectivity index (χ0) is 15.4. The Labute approximate surface area is 128 Å². The van der Waals surface area contributed by atoms with Crippen molar-refractivity contribution in [2.24, 2.45) is 0 Å². The quantitative estimate of drug-likeness (QED) is 0.723. The van der Waals surface area contributed by atoms with Crippen molar-refractivity contribution < 1.29 is 8.81 Å². The van der Waals surface area contributed by atoms with E-state index in [-0.39, 0.29) is 5.82 Å². The fourth-order valence-corrected chi connectivity index (χ4v) is 2.24. The van der Waals surface area contributed by atoms with E-state index in [0.29, 0.717) is 23.9 Å². The summed E-state index contributed by atoms with van der Waals surface area (Å²) in [5, 5.41) is 8.00. The molecular weight excluding hydrogens is 281 g/mol. The van der Waals surface area contributed by atoms with E-state index >= 15 is 0 Å². The zero-order valence-electron chi connectivity index (χ0n) is 12.2. The van der Waals surface area contributed by atoms with Crippen LogP contribution >= 0.6 is 0 Å². The second-order valence-corrected chi connectivity index (χ2v) is 5.17. The minimum Gasteiger partial charge on any atom is -0.419 e. The predicted molar refractivity (Wildman–Crippen MR) is 81.3 cm³/mol. The Balaban J connectivity index is 1.66. The van der Waals surface area contributed by atoms with E-state index in [4.69, 9.17) is 4.42 Å². The summed E-state index contributed by atoms with van der Waals surface area (Å²) in [5.74, 6) is 0.527. The fourth-order valence-electron chi connectivity index (χ4n) is 2.24. The molecular formula is C17H16FN3O. The van der Waals surface area contributed by atoms with Crippen molar-refractivity contribution in [3.63, 3.8) is 0 Å². The lowest BCUT2D eigenvalue weighted by Gasteiger charge is -2.13. The molecule has 0 fully saturated rings. The van der Waals surface area contributed by atoms with Crippen LogP contribution < -0.4 is 0 Å². The summed E-state index contributed by atoms with van der Waals surface area (Å²) in [6.07, 6.45) is 0. The first-order valence-electron chi connectivity index (χ1n) is 7.01. The van der Waals surface area contributed by atoms with E-state index in [1.165, 1.54) is 17.7 Å². The molecule has 0 unspecified atom stereocenters. The highest BCUT2D eigenvalue weighted by Crippen LogP contribution is 2.19. The number of halogens is 1. The van der Waals surface area contributed by atoms with Crippen LogP contribution in [0.4, 0.5) is 4.39 Å². The second-order valence-electron chi connectivity index (χ2n) is 5.17. The molecule has 2 aromatic carbocycles. The van der Waals surface area contributed by atoms with Crippen LogP contribution in [0.3, 0.4) is 0 Å². The van der Waals surface area contributed by atoms with Crippen molar-refractivity contribution in [1.82, 2.24) is 15.1 Å². The molecule has 0 N–H and O–H groups in total. The highest BCUT2D eigenvalue weighted by molar-refractivity contribution is 5.52. The lowest BCUT2D eigenvalue weighted by Crippen LogP contribution is -2.17. The third-order valence-electron chi connectivity index (χ3n) is 3.24. The van der Waals surface area contributed by atoms with E-state index in [9.17, 15) is 4.39 Å². The predicted octanol–water partition coefficient (Wildman–Crippen LogP) is 3.51. The number of hydrogen-bond donors (Lipinski definition) is 0. The molecule has 1 heterocycles. The first kappa shape index (κ1) is 14.4. The monoisotopic (exact) mass is 297 g/mol. The lowest BCUT2D eigenvalue weighted by atomic mass is 10.2. The average Bonchev–Trinajstić information content (AvgIpc) is 2.96. The molecule has 3 rings (SSSR count). The Hall–Kier alpha value is -2.53. The third kappa shape index (κ3) is 3.56. The topological polar surface area (TPSA) is 42.2 Å². The van der Waals surface area contributed by atoms with Gasteiger partial charge >= 0.3 is 0 Å². The van der Waals surface area contributed by atoms with Gasteiger partial charge in [0.25, 0.3) is 0 Å². The molecule has 0 atom stereocenters. The van der Waals surface area contributed by atoms with Crippen LogP contribution in [0.15, 0.2) is 59.0 Å². The molecule has 1 aromatic heterocycles. The van der Waals surface area contributed by atoms with E-state index < -0.39 is 0 Å². The van der Waals surface area contributed by atoms with E-state index in [2.05, 4.69) is 27.2 Å². The smallest absolute Gasteiger partial charge is 0.247 e. The molecule has 3 aromatic rings. The van der Waals surface area contributed by atoms with Gasteiger partial charge in [-0.25, -0.2) is 4.39 Å². The lowest BCUT2D eigenvalue weighted by molar-refractivity contribution is 0.283. The van der Waals surface area contributed by atoms with Crippen LogP contribution in [-0.4, -0.2) is 22.1 Å². The van der Waals surface area contributed by atoms with Crippen LogP contribution in [0.5, 0.6) is 0 Å². The zero-order valence-corrected chi connectivity index (χ0v) is 12.2. The summed E-state index contributed by atoms with van der Waals surface area (Å²) >= 11 is 0. The standard InChI is InChI=1S/C17H16FN3O/c1-21(11-13-6-3-2-4-7-13)12-16-19-20-17(22-16)14-8-5-9-15(18)10-14/h2-10H,11-12H2,1H3. The Bertz CT molecular complexity index is 742. The largest absolute Gasteiger partial charge is 0.419 e. The van der Waals surface area contributed by atoms with E-state index in [1.54, 1.807) is 12.1 Å². The van der Waals surface area contributed by atoms with Crippen molar-refractivity contribution in [3.05, 3.63) is 71.9 Å². The summed E-state index contributed by atoms with van der Waals surface area (Å²) in [5.41, 5.74) is 1.80. The Morgan fingerprint density at radius 3 is 2.59 bits per heavy atom. The Kier molecular flexibility index (Phi) is 4.25. The van der Waals surface area contributed by atoms with Crippen molar-refractivity contribution in [2.75, 3.05) is 7.05 Å². The fraction of sp³-hybridized carbons (Fsp3) is 0.176. The Morgan fingerprint density at radius 2 is 1.82 bits per heavy atom. The van der Waals surface area contributed by atoms with E-state index in [1.807, 2.05) is 25.2 Å². The van der Waals surface area contributed by atoms with Crippen LogP contribution in [0.2, 0.25) is 0 Å². The van der Waals surface area contributed by atoms with Crippen molar-refractivity contribution in [1.29, 1.82) is 0 Å². The van der Waals surface area contributed by atoms with Crippen molar-refractivity contribution in [2.45, 2.75) is 13.1 Å². The number of hydrogen-bond acceptors (Lipinski definition) is 4. The normalized spacial score (nSPS) is 11.0. The molecule has 22 heavy (non-hydrogen) atoms. The molecule has 0 aliphatic rings. The maximum absolute atomic E-state index is 13.2. The summed E-state index contributed by atoms with van der Waals surface area (Å²) < 4.78 is 18.8. The van der Waals surface area contributed by atoms with Gasteiger partial charge in [0.15, 0.2) is 0 Å². The molecule has 112 valence electrons. The second kappa shape index (κ2) is 6.49. The molecule has 0 aliphatic heterocycles. The summed E-state index contributed by atoms with van der Waals surface area (Å²) in [6.45, 7) is 1.33. The molecule has 0 saturated carbocycles. The van der Waals surface area contributed by atoms with Gasteiger partial charge < -0.3 is 4.42 Å². The third-order valence-corrected chi connectivity index (χ3v) is 3.24. The molecule has 5 heteroatoms. The first-order valence-corrected chi connectivity index (χ1v) is 7.01. The average molecular weight is 297 g/mol. The highest BCUT2D eigenvalue weighted by atomic mass is 19.1. The Morgan fingerprint density at radius 1 is 1.00 bits per heavy atom. The highest BCUT2D eigenvalue weighted by Gasteiger charge is 2.11. The molecule has 0 bridgehead atoms. The molecule has 0 radical (unpaired) electrons. The van der Waals surface area contributed by atoms with Gasteiger partial charge in [0.1, 0.15) is 5.82 Å².